The molecular weight excluding hydrogens is 196 g/mol. The first kappa shape index (κ1) is 12.4. The highest BCUT2D eigenvalue weighted by Gasteiger charge is 2.25. The van der Waals surface area contributed by atoms with E-state index in [4.69, 9.17) is 15.2 Å². The molecular formula is C10H20N2O3. The van der Waals surface area contributed by atoms with Crippen LogP contribution in [0.1, 0.15) is 13.3 Å². The Kier molecular flexibility index (Phi) is 5.60. The van der Waals surface area contributed by atoms with Crippen molar-refractivity contribution in [1.82, 2.24) is 4.90 Å². The predicted molar refractivity (Wildman–Crippen MR) is 56.5 cm³/mol. The second-order valence-electron chi connectivity index (χ2n) is 3.60. The third-order valence-corrected chi connectivity index (χ3v) is 2.39. The summed E-state index contributed by atoms with van der Waals surface area (Å²) in [6.45, 7) is 5.00. The Bertz CT molecular complexity index is 199. The quantitative estimate of drug-likeness (QED) is 0.635. The lowest BCUT2D eigenvalue weighted by molar-refractivity contribution is -0.144. The van der Waals surface area contributed by atoms with Crippen molar-refractivity contribution in [2.24, 2.45) is 5.73 Å². The fourth-order valence-corrected chi connectivity index (χ4v) is 1.57. The van der Waals surface area contributed by atoms with Gasteiger partial charge in [0.05, 0.1) is 19.3 Å². The molecule has 2 N–H and O–H groups in total. The average molecular weight is 216 g/mol. The summed E-state index contributed by atoms with van der Waals surface area (Å²) in [4.78, 5) is 13.5. The van der Waals surface area contributed by atoms with E-state index in [0.717, 1.165) is 6.42 Å². The van der Waals surface area contributed by atoms with Crippen molar-refractivity contribution in [1.29, 1.82) is 0 Å². The van der Waals surface area contributed by atoms with Gasteiger partial charge in [-0.1, -0.05) is 6.92 Å². The van der Waals surface area contributed by atoms with Gasteiger partial charge in [0.15, 0.2) is 0 Å². The molecule has 1 aliphatic heterocycles. The van der Waals surface area contributed by atoms with Gasteiger partial charge in [-0.2, -0.15) is 0 Å². The molecule has 0 saturated carbocycles. The Balaban J connectivity index is 2.34. The monoisotopic (exact) mass is 216 g/mol. The molecule has 0 aromatic heterocycles. The molecule has 1 aliphatic rings. The average Bonchev–Trinajstić information content (AvgIpc) is 2.29. The molecule has 88 valence electrons. The number of hydrogen-bond acceptors (Lipinski definition) is 4. The largest absolute Gasteiger partial charge is 0.377 e. The molecule has 1 heterocycles. The van der Waals surface area contributed by atoms with Crippen LogP contribution in [-0.2, 0) is 14.3 Å². The number of morpholine rings is 1. The van der Waals surface area contributed by atoms with Crippen molar-refractivity contribution >= 4 is 5.91 Å². The second-order valence-corrected chi connectivity index (χ2v) is 3.60. The van der Waals surface area contributed by atoms with Crippen molar-refractivity contribution in [3.05, 3.63) is 0 Å². The lowest BCUT2D eigenvalue weighted by atomic mass is 10.2. The molecule has 1 fully saturated rings. The minimum Gasteiger partial charge on any atom is -0.377 e. The maximum atomic E-state index is 11.7. The van der Waals surface area contributed by atoms with Crippen LogP contribution in [0.5, 0.6) is 0 Å². The van der Waals surface area contributed by atoms with Gasteiger partial charge in [0, 0.05) is 19.7 Å². The Hall–Kier alpha value is -0.650. The van der Waals surface area contributed by atoms with E-state index in [9.17, 15) is 4.79 Å². The van der Waals surface area contributed by atoms with E-state index in [1.807, 2.05) is 6.92 Å². The summed E-state index contributed by atoms with van der Waals surface area (Å²) in [5, 5.41) is 0. The Morgan fingerprint density at radius 1 is 1.67 bits per heavy atom. The summed E-state index contributed by atoms with van der Waals surface area (Å²) in [7, 11) is 0. The molecule has 1 unspecified atom stereocenters. The third kappa shape index (κ3) is 3.77. The molecule has 0 spiro atoms. The third-order valence-electron chi connectivity index (χ3n) is 2.39. The first-order valence-corrected chi connectivity index (χ1v) is 5.44. The highest BCUT2D eigenvalue weighted by atomic mass is 16.5. The lowest BCUT2D eigenvalue weighted by Crippen LogP contribution is -2.53. The van der Waals surface area contributed by atoms with Crippen molar-refractivity contribution in [2.75, 3.05) is 39.5 Å². The fourth-order valence-electron chi connectivity index (χ4n) is 1.57. The first-order valence-electron chi connectivity index (χ1n) is 5.44. The first-order chi connectivity index (χ1) is 7.29. The lowest BCUT2D eigenvalue weighted by Gasteiger charge is -2.34. The minimum atomic E-state index is 0.0106. The van der Waals surface area contributed by atoms with Crippen LogP contribution in [0.4, 0.5) is 0 Å². The molecule has 5 heteroatoms. The number of nitrogens with zero attached hydrogens (tertiary/aromatic N) is 1. The van der Waals surface area contributed by atoms with Gasteiger partial charge in [-0.3, -0.25) is 4.79 Å². The number of carbonyl (C=O) groups is 1. The van der Waals surface area contributed by atoms with E-state index in [-0.39, 0.29) is 18.6 Å². The fraction of sp³-hybridized carbons (Fsp3) is 0.900. The molecule has 0 radical (unpaired) electrons. The zero-order valence-corrected chi connectivity index (χ0v) is 9.28. The Morgan fingerprint density at radius 3 is 3.13 bits per heavy atom. The molecule has 1 atom stereocenters. The van der Waals surface area contributed by atoms with Crippen LogP contribution in [0.15, 0.2) is 0 Å². The highest BCUT2D eigenvalue weighted by Crippen LogP contribution is 2.06. The summed E-state index contributed by atoms with van der Waals surface area (Å²) < 4.78 is 10.5. The normalized spacial score (nSPS) is 21.7. The Labute approximate surface area is 90.5 Å². The number of hydrogen-bond donors (Lipinski definition) is 1. The number of rotatable bonds is 5. The number of ether oxygens (including phenoxy) is 2. The summed E-state index contributed by atoms with van der Waals surface area (Å²) in [5.41, 5.74) is 5.57. The molecule has 1 rings (SSSR count). The topological polar surface area (TPSA) is 64.8 Å². The zero-order chi connectivity index (χ0) is 11.1. The van der Waals surface area contributed by atoms with Gasteiger partial charge in [0.2, 0.25) is 5.91 Å². The molecule has 0 aromatic rings. The van der Waals surface area contributed by atoms with E-state index < -0.39 is 0 Å². The van der Waals surface area contributed by atoms with E-state index in [1.54, 1.807) is 4.90 Å². The molecule has 1 saturated heterocycles. The van der Waals surface area contributed by atoms with E-state index in [2.05, 4.69) is 0 Å². The highest BCUT2D eigenvalue weighted by molar-refractivity contribution is 5.77. The minimum absolute atomic E-state index is 0.0106. The van der Waals surface area contributed by atoms with Gasteiger partial charge in [-0.05, 0) is 6.42 Å². The van der Waals surface area contributed by atoms with Crippen LogP contribution in [-0.4, -0.2) is 56.4 Å². The van der Waals surface area contributed by atoms with Gasteiger partial charge in [0.25, 0.3) is 0 Å². The molecule has 0 aliphatic carbocycles. The molecule has 0 aromatic carbocycles. The van der Waals surface area contributed by atoms with Crippen LogP contribution in [0.3, 0.4) is 0 Å². The molecule has 15 heavy (non-hydrogen) atoms. The molecule has 1 amide bonds. The molecule has 5 nitrogen and oxygen atoms in total. The Morgan fingerprint density at radius 2 is 2.47 bits per heavy atom. The summed E-state index contributed by atoms with van der Waals surface area (Å²) in [5.74, 6) is 0.0159. The van der Waals surface area contributed by atoms with E-state index in [1.165, 1.54) is 0 Å². The van der Waals surface area contributed by atoms with Crippen molar-refractivity contribution in [2.45, 2.75) is 19.4 Å². The van der Waals surface area contributed by atoms with Crippen LogP contribution < -0.4 is 5.73 Å². The predicted octanol–water partition coefficient (Wildman–Crippen LogP) is -0.401. The maximum Gasteiger partial charge on any atom is 0.249 e. The van der Waals surface area contributed by atoms with Gasteiger partial charge in [-0.15, -0.1) is 0 Å². The van der Waals surface area contributed by atoms with Crippen LogP contribution in [0, 0.1) is 0 Å². The van der Waals surface area contributed by atoms with Crippen LogP contribution in [0.25, 0.3) is 0 Å². The second kappa shape index (κ2) is 6.76. The van der Waals surface area contributed by atoms with E-state index >= 15 is 0 Å². The summed E-state index contributed by atoms with van der Waals surface area (Å²) in [6.07, 6.45) is 0.927. The van der Waals surface area contributed by atoms with Crippen molar-refractivity contribution in [3.8, 4) is 0 Å². The van der Waals surface area contributed by atoms with Crippen molar-refractivity contribution < 1.29 is 14.3 Å². The smallest absolute Gasteiger partial charge is 0.249 e. The standard InChI is InChI=1S/C10H20N2O3/c1-2-4-14-8-10(13)12-3-5-15-7-9(12)6-11/h9H,2-8,11H2,1H3. The molecule has 0 bridgehead atoms. The van der Waals surface area contributed by atoms with Gasteiger partial charge in [-0.25, -0.2) is 0 Å². The zero-order valence-electron chi connectivity index (χ0n) is 9.28. The van der Waals surface area contributed by atoms with E-state index in [0.29, 0.717) is 32.9 Å². The van der Waals surface area contributed by atoms with Gasteiger partial charge in [0.1, 0.15) is 6.61 Å². The van der Waals surface area contributed by atoms with Crippen LogP contribution in [0.2, 0.25) is 0 Å². The van der Waals surface area contributed by atoms with Crippen LogP contribution >= 0.6 is 0 Å². The van der Waals surface area contributed by atoms with Gasteiger partial charge >= 0.3 is 0 Å². The number of nitrogens with two attached hydrogens (primary N) is 1. The maximum absolute atomic E-state index is 11.7. The van der Waals surface area contributed by atoms with Crippen molar-refractivity contribution in [3.63, 3.8) is 0 Å². The SMILES string of the molecule is CCCOCC(=O)N1CCOCC1CN. The summed E-state index contributed by atoms with van der Waals surface area (Å²) >= 11 is 0. The number of amides is 1. The van der Waals surface area contributed by atoms with Gasteiger partial charge < -0.3 is 20.1 Å². The summed E-state index contributed by atoms with van der Waals surface area (Å²) in [6, 6.07) is 0.0106. The number of carbonyl (C=O) groups excluding carboxylic acids is 1.